The van der Waals surface area contributed by atoms with Crippen molar-refractivity contribution in [2.45, 2.75) is 34.1 Å². The van der Waals surface area contributed by atoms with Gasteiger partial charge in [0, 0.05) is 12.2 Å². The molecule has 5 heteroatoms. The molecule has 1 heterocycles. The molecule has 1 aromatic heterocycles. The number of tetrazole rings is 1. The van der Waals surface area contributed by atoms with E-state index >= 15 is 0 Å². The molecule has 2 rings (SSSR count). The van der Waals surface area contributed by atoms with E-state index in [1.54, 1.807) is 11.0 Å². The molecule has 0 amide bonds. The molecule has 0 saturated heterocycles. The highest BCUT2D eigenvalue weighted by Gasteiger charge is 2.09. The van der Waals surface area contributed by atoms with Gasteiger partial charge in [0.1, 0.15) is 6.33 Å². The molecule has 102 valence electrons. The number of nitrogens with one attached hydrogen (secondary N) is 1. The molecule has 0 fully saturated rings. The Balaban J connectivity index is 2.09. The molecule has 0 spiro atoms. The maximum absolute atomic E-state index is 3.94. The van der Waals surface area contributed by atoms with E-state index in [-0.39, 0.29) is 0 Å². The number of anilines is 1. The van der Waals surface area contributed by atoms with Crippen LogP contribution in [-0.4, -0.2) is 26.8 Å². The molecule has 0 aliphatic carbocycles. The van der Waals surface area contributed by atoms with Crippen molar-refractivity contribution in [3.63, 3.8) is 0 Å². The van der Waals surface area contributed by atoms with Crippen molar-refractivity contribution in [3.05, 3.63) is 30.1 Å². The SMILES string of the molecule is Cc1ccc(NCCC(C)(C)C)cc1-n1cnnn1. The molecule has 0 aliphatic heterocycles. The smallest absolute Gasteiger partial charge is 0.143 e. The van der Waals surface area contributed by atoms with Crippen LogP contribution in [0, 0.1) is 12.3 Å². The van der Waals surface area contributed by atoms with Gasteiger partial charge < -0.3 is 5.32 Å². The zero-order chi connectivity index (χ0) is 13.9. The summed E-state index contributed by atoms with van der Waals surface area (Å²) in [6.07, 6.45) is 2.74. The summed E-state index contributed by atoms with van der Waals surface area (Å²) in [5.74, 6) is 0. The van der Waals surface area contributed by atoms with E-state index in [1.807, 2.05) is 0 Å². The molecule has 1 N–H and O–H groups in total. The first kappa shape index (κ1) is 13.5. The predicted molar refractivity (Wildman–Crippen MR) is 76.5 cm³/mol. The average molecular weight is 259 g/mol. The second kappa shape index (κ2) is 5.38. The molecule has 1 aromatic carbocycles. The van der Waals surface area contributed by atoms with Crippen molar-refractivity contribution in [3.8, 4) is 5.69 Å². The highest BCUT2D eigenvalue weighted by Crippen LogP contribution is 2.21. The van der Waals surface area contributed by atoms with Gasteiger partial charge in [-0.1, -0.05) is 26.8 Å². The fourth-order valence-electron chi connectivity index (χ4n) is 1.82. The maximum Gasteiger partial charge on any atom is 0.143 e. The van der Waals surface area contributed by atoms with Crippen LogP contribution in [0.15, 0.2) is 24.5 Å². The predicted octanol–water partition coefficient (Wildman–Crippen LogP) is 2.82. The van der Waals surface area contributed by atoms with Crippen LogP contribution in [0.1, 0.15) is 32.8 Å². The van der Waals surface area contributed by atoms with Crippen molar-refractivity contribution in [2.24, 2.45) is 5.41 Å². The van der Waals surface area contributed by atoms with Gasteiger partial charge in [0.2, 0.25) is 0 Å². The molecule has 0 aliphatic rings. The average Bonchev–Trinajstić information content (AvgIpc) is 2.83. The number of aryl methyl sites for hydroxylation is 1. The lowest BCUT2D eigenvalue weighted by Gasteiger charge is -2.19. The first-order chi connectivity index (χ1) is 8.96. The summed E-state index contributed by atoms with van der Waals surface area (Å²) < 4.78 is 1.68. The Bertz CT molecular complexity index is 525. The lowest BCUT2D eigenvalue weighted by Crippen LogP contribution is -2.13. The van der Waals surface area contributed by atoms with Gasteiger partial charge in [-0.25, -0.2) is 4.68 Å². The van der Waals surface area contributed by atoms with Crippen LogP contribution < -0.4 is 5.32 Å². The first-order valence-electron chi connectivity index (χ1n) is 6.54. The quantitative estimate of drug-likeness (QED) is 0.917. The summed E-state index contributed by atoms with van der Waals surface area (Å²) in [7, 11) is 0. The summed E-state index contributed by atoms with van der Waals surface area (Å²) in [5, 5.41) is 14.7. The Labute approximate surface area is 114 Å². The van der Waals surface area contributed by atoms with Gasteiger partial charge in [-0.05, 0) is 46.9 Å². The number of benzene rings is 1. The number of hydrogen-bond acceptors (Lipinski definition) is 4. The molecule has 2 aromatic rings. The molecular formula is C14H21N5. The summed E-state index contributed by atoms with van der Waals surface area (Å²) in [4.78, 5) is 0. The van der Waals surface area contributed by atoms with Crippen LogP contribution in [-0.2, 0) is 0 Å². The highest BCUT2D eigenvalue weighted by atomic mass is 15.5. The Morgan fingerprint density at radius 2 is 2.05 bits per heavy atom. The number of hydrogen-bond donors (Lipinski definition) is 1. The fraction of sp³-hybridized carbons (Fsp3) is 0.500. The normalized spacial score (nSPS) is 11.6. The lowest BCUT2D eigenvalue weighted by atomic mass is 9.92. The van der Waals surface area contributed by atoms with Crippen LogP contribution in [0.3, 0.4) is 0 Å². The Morgan fingerprint density at radius 1 is 1.26 bits per heavy atom. The minimum absolute atomic E-state index is 0.344. The largest absolute Gasteiger partial charge is 0.385 e. The third-order valence-electron chi connectivity index (χ3n) is 3.01. The minimum Gasteiger partial charge on any atom is -0.385 e. The number of rotatable bonds is 4. The van der Waals surface area contributed by atoms with Gasteiger partial charge in [-0.15, -0.1) is 5.10 Å². The monoisotopic (exact) mass is 259 g/mol. The molecule has 0 radical (unpaired) electrons. The summed E-state index contributed by atoms with van der Waals surface area (Å²) in [5.41, 5.74) is 3.59. The van der Waals surface area contributed by atoms with Gasteiger partial charge >= 0.3 is 0 Å². The Morgan fingerprint density at radius 3 is 2.68 bits per heavy atom. The molecular weight excluding hydrogens is 238 g/mol. The molecule has 0 bridgehead atoms. The molecule has 19 heavy (non-hydrogen) atoms. The van der Waals surface area contributed by atoms with Gasteiger partial charge in [0.05, 0.1) is 5.69 Å². The third-order valence-corrected chi connectivity index (χ3v) is 3.01. The van der Waals surface area contributed by atoms with Crippen molar-refractivity contribution in [2.75, 3.05) is 11.9 Å². The molecule has 0 atom stereocenters. The highest BCUT2D eigenvalue weighted by molar-refractivity contribution is 5.54. The summed E-state index contributed by atoms with van der Waals surface area (Å²) in [6.45, 7) is 9.75. The van der Waals surface area contributed by atoms with Crippen LogP contribution >= 0.6 is 0 Å². The zero-order valence-electron chi connectivity index (χ0n) is 12.0. The molecule has 0 saturated carbocycles. The van der Waals surface area contributed by atoms with Gasteiger partial charge in [-0.3, -0.25) is 0 Å². The molecule has 0 unspecified atom stereocenters. The van der Waals surface area contributed by atoms with Crippen molar-refractivity contribution in [1.82, 2.24) is 20.2 Å². The topological polar surface area (TPSA) is 55.6 Å². The second-order valence-electron chi connectivity index (χ2n) is 5.99. The van der Waals surface area contributed by atoms with E-state index in [1.165, 1.54) is 0 Å². The lowest BCUT2D eigenvalue weighted by molar-refractivity contribution is 0.390. The maximum atomic E-state index is 3.94. The Hall–Kier alpha value is -1.91. The van der Waals surface area contributed by atoms with E-state index in [2.05, 4.69) is 66.7 Å². The van der Waals surface area contributed by atoms with Crippen molar-refractivity contribution < 1.29 is 0 Å². The van der Waals surface area contributed by atoms with Gasteiger partial charge in [-0.2, -0.15) is 0 Å². The second-order valence-corrected chi connectivity index (χ2v) is 5.99. The minimum atomic E-state index is 0.344. The van der Waals surface area contributed by atoms with E-state index in [4.69, 9.17) is 0 Å². The van der Waals surface area contributed by atoms with E-state index in [9.17, 15) is 0 Å². The van der Waals surface area contributed by atoms with E-state index < -0.39 is 0 Å². The fourth-order valence-corrected chi connectivity index (χ4v) is 1.82. The van der Waals surface area contributed by atoms with Crippen LogP contribution in [0.2, 0.25) is 0 Å². The Kier molecular flexibility index (Phi) is 3.83. The van der Waals surface area contributed by atoms with Crippen molar-refractivity contribution in [1.29, 1.82) is 0 Å². The van der Waals surface area contributed by atoms with Gasteiger partial charge in [0.15, 0.2) is 0 Å². The van der Waals surface area contributed by atoms with E-state index in [0.717, 1.165) is 29.9 Å². The van der Waals surface area contributed by atoms with Crippen LogP contribution in [0.4, 0.5) is 5.69 Å². The van der Waals surface area contributed by atoms with Gasteiger partial charge in [0.25, 0.3) is 0 Å². The number of aromatic nitrogens is 4. The standard InChI is InChI=1S/C14H21N5/c1-11-5-6-12(15-8-7-14(2,3)4)9-13(11)19-10-16-17-18-19/h5-6,9-10,15H,7-8H2,1-4H3. The molecule has 5 nitrogen and oxygen atoms in total. The summed E-state index contributed by atoms with van der Waals surface area (Å²) in [6, 6.07) is 6.25. The summed E-state index contributed by atoms with van der Waals surface area (Å²) >= 11 is 0. The first-order valence-corrected chi connectivity index (χ1v) is 6.54. The number of nitrogens with zero attached hydrogens (tertiary/aromatic N) is 4. The third kappa shape index (κ3) is 3.77. The van der Waals surface area contributed by atoms with Crippen LogP contribution in [0.5, 0.6) is 0 Å². The van der Waals surface area contributed by atoms with Crippen molar-refractivity contribution >= 4 is 5.69 Å². The van der Waals surface area contributed by atoms with E-state index in [0.29, 0.717) is 5.41 Å². The van der Waals surface area contributed by atoms with Crippen LogP contribution in [0.25, 0.3) is 5.69 Å². The zero-order valence-corrected chi connectivity index (χ0v) is 12.0.